The van der Waals surface area contributed by atoms with Gasteiger partial charge in [0.15, 0.2) is 0 Å². The van der Waals surface area contributed by atoms with Gasteiger partial charge in [-0.1, -0.05) is 26.8 Å². The molecule has 0 bridgehead atoms. The second-order valence-corrected chi connectivity index (χ2v) is 3.49. The Morgan fingerprint density at radius 3 is 2.31 bits per heavy atom. The zero-order valence-corrected chi connectivity index (χ0v) is 8.95. The monoisotopic (exact) mass is 181 g/mol. The molecule has 0 unspecified atom stereocenters. The summed E-state index contributed by atoms with van der Waals surface area (Å²) in [6.07, 6.45) is 1.76. The maximum atomic E-state index is 4.87. The molecular formula is C11H19NO. The Labute approximate surface area is 81.0 Å². The molecule has 0 saturated heterocycles. The van der Waals surface area contributed by atoms with E-state index in [-0.39, 0.29) is 0 Å². The van der Waals surface area contributed by atoms with Crippen LogP contribution in [0.3, 0.4) is 0 Å². The number of aromatic nitrogens is 1. The third-order valence-electron chi connectivity index (χ3n) is 1.02. The van der Waals surface area contributed by atoms with Gasteiger partial charge in [0, 0.05) is 13.3 Å². The Balaban J connectivity index is 0.000000310. The predicted octanol–water partition coefficient (Wildman–Crippen LogP) is 2.89. The van der Waals surface area contributed by atoms with Gasteiger partial charge in [0.05, 0.1) is 12.3 Å². The molecule has 74 valence electrons. The van der Waals surface area contributed by atoms with Crippen molar-refractivity contribution in [2.24, 2.45) is 5.92 Å². The van der Waals surface area contributed by atoms with E-state index in [9.17, 15) is 0 Å². The summed E-state index contributed by atoms with van der Waals surface area (Å²) in [5.74, 6) is 0.833. The number of methoxy groups -OCH3 is 1. The number of nitrogens with zero attached hydrogens (tertiary/aromatic N) is 1. The molecule has 0 N–H and O–H groups in total. The molecule has 0 saturated carbocycles. The van der Waals surface area contributed by atoms with Crippen molar-refractivity contribution < 1.29 is 4.74 Å². The lowest BCUT2D eigenvalue weighted by atomic mass is 10.3. The minimum atomic E-state index is 0.598. The topological polar surface area (TPSA) is 22.1 Å². The fourth-order valence-corrected chi connectivity index (χ4v) is 0.631. The van der Waals surface area contributed by atoms with Crippen LogP contribution in [-0.2, 0) is 11.3 Å². The van der Waals surface area contributed by atoms with Crippen LogP contribution in [0.15, 0.2) is 24.4 Å². The maximum absolute atomic E-state index is 4.87. The number of hydrogen-bond acceptors (Lipinski definition) is 2. The first kappa shape index (κ1) is 12.1. The van der Waals surface area contributed by atoms with Crippen molar-refractivity contribution in [3.8, 4) is 0 Å². The van der Waals surface area contributed by atoms with Crippen molar-refractivity contribution in [3.05, 3.63) is 30.1 Å². The smallest absolute Gasteiger partial charge is 0.0884 e. The van der Waals surface area contributed by atoms with Gasteiger partial charge < -0.3 is 4.74 Å². The van der Waals surface area contributed by atoms with Crippen LogP contribution in [-0.4, -0.2) is 12.1 Å². The molecule has 0 aliphatic carbocycles. The van der Waals surface area contributed by atoms with E-state index < -0.39 is 0 Å². The summed E-state index contributed by atoms with van der Waals surface area (Å²) in [7, 11) is 1.66. The van der Waals surface area contributed by atoms with E-state index >= 15 is 0 Å². The third kappa shape index (κ3) is 9.02. The van der Waals surface area contributed by atoms with Gasteiger partial charge in [-0.3, -0.25) is 4.98 Å². The van der Waals surface area contributed by atoms with E-state index in [0.29, 0.717) is 6.61 Å². The van der Waals surface area contributed by atoms with Crippen LogP contribution >= 0.6 is 0 Å². The van der Waals surface area contributed by atoms with Crippen LogP contribution in [0.1, 0.15) is 26.5 Å². The number of hydrogen-bond donors (Lipinski definition) is 0. The average molecular weight is 181 g/mol. The van der Waals surface area contributed by atoms with Crippen LogP contribution in [0.5, 0.6) is 0 Å². The summed E-state index contributed by atoms with van der Waals surface area (Å²) >= 11 is 0. The van der Waals surface area contributed by atoms with Crippen LogP contribution in [0.25, 0.3) is 0 Å². The molecule has 2 heteroatoms. The molecule has 0 spiro atoms. The van der Waals surface area contributed by atoms with E-state index in [0.717, 1.165) is 11.6 Å². The first-order valence-electron chi connectivity index (χ1n) is 4.55. The van der Waals surface area contributed by atoms with Crippen LogP contribution in [0.2, 0.25) is 0 Å². The molecule has 0 aliphatic rings. The Morgan fingerprint density at radius 2 is 1.92 bits per heavy atom. The molecule has 2 nitrogen and oxygen atoms in total. The number of pyridine rings is 1. The second kappa shape index (κ2) is 7.74. The molecule has 1 rings (SSSR count). The highest BCUT2D eigenvalue weighted by molar-refractivity contribution is 5.01. The quantitative estimate of drug-likeness (QED) is 0.700. The molecule has 13 heavy (non-hydrogen) atoms. The van der Waals surface area contributed by atoms with Gasteiger partial charge in [-0.2, -0.15) is 0 Å². The van der Waals surface area contributed by atoms with Gasteiger partial charge in [-0.15, -0.1) is 0 Å². The average Bonchev–Trinajstić information content (AvgIpc) is 2.06. The molecule has 0 aromatic carbocycles. The predicted molar refractivity (Wildman–Crippen MR) is 55.5 cm³/mol. The summed E-state index contributed by atoms with van der Waals surface area (Å²) in [5, 5.41) is 0. The first-order chi connectivity index (χ1) is 6.16. The largest absolute Gasteiger partial charge is 0.378 e. The lowest BCUT2D eigenvalue weighted by molar-refractivity contribution is 0.181. The number of rotatable bonds is 2. The van der Waals surface area contributed by atoms with Crippen LogP contribution < -0.4 is 0 Å². The summed E-state index contributed by atoms with van der Waals surface area (Å²) in [6, 6.07) is 5.77. The third-order valence-corrected chi connectivity index (χ3v) is 1.02. The van der Waals surface area contributed by atoms with Gasteiger partial charge in [0.25, 0.3) is 0 Å². The molecule has 1 aromatic rings. The van der Waals surface area contributed by atoms with Gasteiger partial charge in [0.1, 0.15) is 0 Å². The Bertz CT molecular complexity index is 194. The minimum absolute atomic E-state index is 0.598. The van der Waals surface area contributed by atoms with E-state index in [1.807, 2.05) is 18.2 Å². The molecule has 0 radical (unpaired) electrons. The van der Waals surface area contributed by atoms with E-state index in [2.05, 4.69) is 25.8 Å². The fourth-order valence-electron chi connectivity index (χ4n) is 0.631. The SMILES string of the molecule is CC(C)C.COCc1ccccn1. The summed E-state index contributed by atoms with van der Waals surface area (Å²) in [6.45, 7) is 7.10. The van der Waals surface area contributed by atoms with Crippen molar-refractivity contribution in [2.75, 3.05) is 7.11 Å². The molecular weight excluding hydrogens is 162 g/mol. The summed E-state index contributed by atoms with van der Waals surface area (Å²) < 4.78 is 4.87. The van der Waals surface area contributed by atoms with Gasteiger partial charge in [0.2, 0.25) is 0 Å². The number of ether oxygens (including phenoxy) is 1. The fraction of sp³-hybridized carbons (Fsp3) is 0.545. The lowest BCUT2D eigenvalue weighted by Crippen LogP contribution is -1.88. The van der Waals surface area contributed by atoms with Crippen molar-refractivity contribution in [2.45, 2.75) is 27.4 Å². The first-order valence-corrected chi connectivity index (χ1v) is 4.55. The van der Waals surface area contributed by atoms with Gasteiger partial charge in [-0.05, 0) is 18.1 Å². The minimum Gasteiger partial charge on any atom is -0.378 e. The van der Waals surface area contributed by atoms with Crippen LogP contribution in [0, 0.1) is 5.92 Å². The second-order valence-electron chi connectivity index (χ2n) is 3.49. The Kier molecular flexibility index (Phi) is 7.21. The lowest BCUT2D eigenvalue weighted by Gasteiger charge is -1.94. The van der Waals surface area contributed by atoms with Crippen LogP contribution in [0.4, 0.5) is 0 Å². The zero-order valence-electron chi connectivity index (χ0n) is 8.95. The summed E-state index contributed by atoms with van der Waals surface area (Å²) in [4.78, 5) is 4.04. The molecule has 0 atom stereocenters. The molecule has 0 amide bonds. The zero-order chi connectivity index (χ0) is 10.1. The van der Waals surface area contributed by atoms with E-state index in [4.69, 9.17) is 4.74 Å². The highest BCUT2D eigenvalue weighted by Gasteiger charge is 1.86. The van der Waals surface area contributed by atoms with E-state index in [1.165, 1.54) is 0 Å². The highest BCUT2D eigenvalue weighted by atomic mass is 16.5. The highest BCUT2D eigenvalue weighted by Crippen LogP contribution is 1.93. The van der Waals surface area contributed by atoms with Crippen molar-refractivity contribution in [1.82, 2.24) is 4.98 Å². The molecule has 1 aromatic heterocycles. The van der Waals surface area contributed by atoms with E-state index in [1.54, 1.807) is 13.3 Å². The normalized spacial score (nSPS) is 9.31. The molecule has 0 aliphatic heterocycles. The molecule has 1 heterocycles. The summed E-state index contributed by atoms with van der Waals surface area (Å²) in [5.41, 5.74) is 0.972. The van der Waals surface area contributed by atoms with Crippen molar-refractivity contribution >= 4 is 0 Å². The standard InChI is InChI=1S/C7H9NO.C4H10/c1-9-6-7-4-2-3-5-8-7;1-4(2)3/h2-5H,6H2,1H3;4H,1-3H3. The van der Waals surface area contributed by atoms with Gasteiger partial charge >= 0.3 is 0 Å². The van der Waals surface area contributed by atoms with Crippen molar-refractivity contribution in [1.29, 1.82) is 0 Å². The Morgan fingerprint density at radius 1 is 1.31 bits per heavy atom. The van der Waals surface area contributed by atoms with Gasteiger partial charge in [-0.25, -0.2) is 0 Å². The maximum Gasteiger partial charge on any atom is 0.0884 e. The Hall–Kier alpha value is -0.890. The molecule has 0 fully saturated rings. The van der Waals surface area contributed by atoms with Crippen molar-refractivity contribution in [3.63, 3.8) is 0 Å².